The molecule has 1 nitrogen and oxygen atoms in total. The van der Waals surface area contributed by atoms with Crippen molar-refractivity contribution in [2.24, 2.45) is 0 Å². The fourth-order valence-corrected chi connectivity index (χ4v) is 1.85. The van der Waals surface area contributed by atoms with Gasteiger partial charge in [0.05, 0.1) is 0 Å². The van der Waals surface area contributed by atoms with E-state index in [-0.39, 0.29) is 20.4 Å². The Hall–Kier alpha value is -0.808. The molecule has 0 radical (unpaired) electrons. The first-order valence-electron chi connectivity index (χ1n) is 5.25. The van der Waals surface area contributed by atoms with Crippen LogP contribution in [0, 0.1) is 6.04 Å². The summed E-state index contributed by atoms with van der Waals surface area (Å²) in [4.78, 5) is 2.20. The molecule has 0 atom stereocenters. The van der Waals surface area contributed by atoms with E-state index in [4.69, 9.17) is 0 Å². The second-order valence-corrected chi connectivity index (χ2v) is 3.92. The van der Waals surface area contributed by atoms with Crippen LogP contribution in [0.5, 0.6) is 0 Å². The number of allylic oxidation sites excluding steroid dienone is 2. The summed E-state index contributed by atoms with van der Waals surface area (Å²) >= 11 is 0. The topological polar surface area (TPSA) is 3.24 Å². The first-order valence-corrected chi connectivity index (χ1v) is 5.25. The van der Waals surface area contributed by atoms with Gasteiger partial charge < -0.3 is 4.90 Å². The number of hydrogen-bond acceptors (Lipinski definition) is 1. The van der Waals surface area contributed by atoms with E-state index in [9.17, 15) is 0 Å². The van der Waals surface area contributed by atoms with Gasteiger partial charge in [-0.05, 0) is 20.5 Å². The molecular weight excluding hydrogens is 289 g/mol. The van der Waals surface area contributed by atoms with Gasteiger partial charge in [0.1, 0.15) is 0 Å². The van der Waals surface area contributed by atoms with Crippen LogP contribution in [0.3, 0.4) is 0 Å². The van der Waals surface area contributed by atoms with Gasteiger partial charge in [-0.15, -0.1) is 35.9 Å². The van der Waals surface area contributed by atoms with Crippen molar-refractivity contribution in [3.05, 3.63) is 60.2 Å². The zero-order chi connectivity index (χ0) is 10.7. The van der Waals surface area contributed by atoms with E-state index in [0.29, 0.717) is 0 Å². The van der Waals surface area contributed by atoms with E-state index < -0.39 is 0 Å². The zero-order valence-corrected chi connectivity index (χ0v) is 11.1. The van der Waals surface area contributed by atoms with Crippen molar-refractivity contribution < 1.29 is 20.4 Å². The van der Waals surface area contributed by atoms with E-state index in [1.807, 2.05) is 0 Å². The Labute approximate surface area is 112 Å². The van der Waals surface area contributed by atoms with Gasteiger partial charge in [0.2, 0.25) is 0 Å². The Bertz CT molecular complexity index is 379. The summed E-state index contributed by atoms with van der Waals surface area (Å²) in [6.45, 7) is 0. The molecule has 88 valence electrons. The third kappa shape index (κ3) is 2.86. The normalized spacial score (nSPS) is 14.7. The molecule has 0 spiro atoms. The Kier molecular flexibility index (Phi) is 5.02. The maximum absolute atomic E-state index is 2.20. The minimum atomic E-state index is 0. The van der Waals surface area contributed by atoms with Crippen molar-refractivity contribution in [1.29, 1.82) is 0 Å². The molecule has 1 aliphatic rings. The average molecular weight is 305 g/mol. The van der Waals surface area contributed by atoms with Crippen LogP contribution < -0.4 is 0 Å². The third-order valence-corrected chi connectivity index (χ3v) is 2.65. The summed E-state index contributed by atoms with van der Waals surface area (Å²) in [5, 5.41) is 0. The second kappa shape index (κ2) is 6.06. The maximum atomic E-state index is 2.20. The fourth-order valence-electron chi connectivity index (χ4n) is 1.85. The number of likely N-dealkylation sites (N-methyl/N-ethyl adjacent to an activating group) is 1. The molecule has 1 aromatic carbocycles. The maximum Gasteiger partial charge on any atom is 0 e. The van der Waals surface area contributed by atoms with Crippen LogP contribution >= 0.6 is 0 Å². The van der Waals surface area contributed by atoms with Crippen LogP contribution in [0.15, 0.2) is 48.6 Å². The minimum absolute atomic E-state index is 0. The number of rotatable bonds is 2. The van der Waals surface area contributed by atoms with Gasteiger partial charge in [0.25, 0.3) is 0 Å². The molecule has 0 amide bonds. The van der Waals surface area contributed by atoms with E-state index >= 15 is 0 Å². The predicted molar refractivity (Wildman–Crippen MR) is 65.1 cm³/mol. The Balaban J connectivity index is 0.00000128. The van der Waals surface area contributed by atoms with Crippen LogP contribution in [0.25, 0.3) is 5.57 Å². The minimum Gasteiger partial charge on any atom is -0.336 e. The molecule has 0 N–H and O–H groups in total. The fraction of sp³-hybridized carbons (Fsp3) is 0.214. The molecule has 0 bridgehead atoms. The smallest absolute Gasteiger partial charge is 0 e. The molecule has 0 saturated heterocycles. The molecule has 0 saturated carbocycles. The van der Waals surface area contributed by atoms with Gasteiger partial charge >= 0.3 is 0 Å². The average Bonchev–Trinajstić information content (AvgIpc) is 2.30. The van der Waals surface area contributed by atoms with Gasteiger partial charge in [-0.25, -0.2) is 0 Å². The first kappa shape index (κ1) is 13.3. The zero-order valence-electron chi connectivity index (χ0n) is 9.59. The van der Waals surface area contributed by atoms with Crippen LogP contribution in [0.4, 0.5) is 0 Å². The van der Waals surface area contributed by atoms with Crippen LogP contribution in [-0.2, 0) is 20.4 Å². The molecular formula is C14H16NPd-. The monoisotopic (exact) mass is 304 g/mol. The molecule has 16 heavy (non-hydrogen) atoms. The van der Waals surface area contributed by atoms with Gasteiger partial charge in [0, 0.05) is 20.4 Å². The third-order valence-electron chi connectivity index (χ3n) is 2.65. The summed E-state index contributed by atoms with van der Waals surface area (Å²) in [6, 6.07) is 11.9. The summed E-state index contributed by atoms with van der Waals surface area (Å²) in [6.07, 6.45) is 7.54. The van der Waals surface area contributed by atoms with E-state index in [2.05, 4.69) is 67.6 Å². The van der Waals surface area contributed by atoms with Crippen molar-refractivity contribution in [3.63, 3.8) is 0 Å². The van der Waals surface area contributed by atoms with Crippen molar-refractivity contribution in [2.75, 3.05) is 14.1 Å². The largest absolute Gasteiger partial charge is 0.336 e. The molecule has 1 aliphatic carbocycles. The molecule has 0 heterocycles. The Morgan fingerprint density at radius 1 is 1.12 bits per heavy atom. The van der Waals surface area contributed by atoms with Gasteiger partial charge in [0.15, 0.2) is 0 Å². The first-order chi connectivity index (χ1) is 7.29. The van der Waals surface area contributed by atoms with E-state index in [0.717, 1.165) is 6.42 Å². The molecule has 0 aliphatic heterocycles. The van der Waals surface area contributed by atoms with E-state index in [1.165, 1.54) is 17.2 Å². The van der Waals surface area contributed by atoms with Crippen LogP contribution in [0.2, 0.25) is 0 Å². The molecule has 0 unspecified atom stereocenters. The molecule has 0 aromatic heterocycles. The Morgan fingerprint density at radius 3 is 2.44 bits per heavy atom. The molecule has 2 rings (SSSR count). The predicted octanol–water partition coefficient (Wildman–Crippen LogP) is 3.12. The quantitative estimate of drug-likeness (QED) is 0.599. The van der Waals surface area contributed by atoms with Gasteiger partial charge in [-0.1, -0.05) is 18.2 Å². The van der Waals surface area contributed by atoms with Crippen molar-refractivity contribution in [1.82, 2.24) is 4.90 Å². The summed E-state index contributed by atoms with van der Waals surface area (Å²) in [7, 11) is 4.20. The number of benzene rings is 1. The molecule has 2 heteroatoms. The van der Waals surface area contributed by atoms with Gasteiger partial charge in [-0.3, -0.25) is 0 Å². The second-order valence-electron chi connectivity index (χ2n) is 3.92. The van der Waals surface area contributed by atoms with Crippen LogP contribution in [0.1, 0.15) is 12.0 Å². The van der Waals surface area contributed by atoms with Crippen molar-refractivity contribution in [2.45, 2.75) is 6.42 Å². The van der Waals surface area contributed by atoms with Gasteiger partial charge in [-0.2, -0.15) is 11.6 Å². The van der Waals surface area contributed by atoms with Crippen LogP contribution in [-0.4, -0.2) is 19.0 Å². The number of nitrogens with zero attached hydrogens (tertiary/aromatic N) is 1. The van der Waals surface area contributed by atoms with E-state index in [1.54, 1.807) is 0 Å². The SMILES string of the molecule is CN(C)[C-]1CC=CC=C1c1ccccc1.[Pd]. The molecule has 1 aromatic rings. The summed E-state index contributed by atoms with van der Waals surface area (Å²) in [5.74, 6) is 0. The summed E-state index contributed by atoms with van der Waals surface area (Å²) in [5.41, 5.74) is 2.63. The van der Waals surface area contributed by atoms with Crippen molar-refractivity contribution >= 4 is 5.57 Å². The Morgan fingerprint density at radius 2 is 1.81 bits per heavy atom. The standard InChI is InChI=1S/C14H16N.Pd/c1-15(2)14-11-7-6-10-13(14)12-8-4-3-5-9-12;/h3-10H,11H2,1-2H3;/q-1;. The van der Waals surface area contributed by atoms with Crippen molar-refractivity contribution in [3.8, 4) is 0 Å². The molecule has 0 fully saturated rings. The summed E-state index contributed by atoms with van der Waals surface area (Å²) < 4.78 is 0. The number of hydrogen-bond donors (Lipinski definition) is 0.